The second kappa shape index (κ2) is 4.94. The molecule has 0 aromatic heterocycles. The van der Waals surface area contributed by atoms with Crippen molar-refractivity contribution in [1.29, 1.82) is 0 Å². The summed E-state index contributed by atoms with van der Waals surface area (Å²) in [6.07, 6.45) is 0. The van der Waals surface area contributed by atoms with E-state index in [2.05, 4.69) is 0 Å². The van der Waals surface area contributed by atoms with Crippen molar-refractivity contribution in [3.63, 3.8) is 0 Å². The van der Waals surface area contributed by atoms with Gasteiger partial charge >= 0.3 is 0 Å². The minimum atomic E-state index is -0.0828. The fourth-order valence-corrected chi connectivity index (χ4v) is 1.08. The Kier molecular flexibility index (Phi) is 4.59. The molecule has 0 fully saturated rings. The topological polar surface area (TPSA) is 55.5 Å². The minimum absolute atomic E-state index is 0. The molecule has 1 aromatic rings. The fraction of sp³-hybridized carbons (Fsp3) is 0.333. The molecule has 0 saturated carbocycles. The molecule has 3 nitrogen and oxygen atoms in total. The van der Waals surface area contributed by atoms with Gasteiger partial charge < -0.3 is 15.6 Å². The average molecular weight is 204 g/mol. The first kappa shape index (κ1) is 12.1. The molecule has 0 aliphatic carbocycles. The highest BCUT2D eigenvalue weighted by Crippen LogP contribution is 2.27. The number of hydrogen-bond donors (Lipinski definition) is 2. The van der Waals surface area contributed by atoms with E-state index in [1.165, 1.54) is 0 Å². The summed E-state index contributed by atoms with van der Waals surface area (Å²) in [5.41, 5.74) is 6.58. The molecular formula is C9H14ClNO2. The zero-order valence-electron chi connectivity index (χ0n) is 7.65. The quantitative estimate of drug-likeness (QED) is 0.771. The zero-order valence-corrected chi connectivity index (χ0v) is 8.47. The molecule has 1 atom stereocenters. The van der Waals surface area contributed by atoms with Crippen LogP contribution in [0.25, 0.3) is 0 Å². The van der Waals surface area contributed by atoms with Crippen molar-refractivity contribution in [1.82, 2.24) is 0 Å². The van der Waals surface area contributed by atoms with Crippen molar-refractivity contribution in [2.24, 2.45) is 5.73 Å². The van der Waals surface area contributed by atoms with E-state index in [0.29, 0.717) is 5.75 Å². The Hall–Kier alpha value is -0.930. The monoisotopic (exact) mass is 203 g/mol. The van der Waals surface area contributed by atoms with Crippen LogP contribution >= 0.6 is 12.4 Å². The van der Waals surface area contributed by atoms with Crippen LogP contribution < -0.4 is 10.5 Å². The number of halogens is 1. The number of phenolic OH excluding ortho intramolecular Hbond substituents is 1. The Balaban J connectivity index is 0.00000144. The van der Waals surface area contributed by atoms with Crippen LogP contribution in [0.5, 0.6) is 11.5 Å². The molecule has 0 unspecified atom stereocenters. The van der Waals surface area contributed by atoms with Gasteiger partial charge in [-0.3, -0.25) is 0 Å². The number of benzene rings is 1. The lowest BCUT2D eigenvalue weighted by Crippen LogP contribution is -2.06. The third-order valence-corrected chi connectivity index (χ3v) is 1.71. The van der Waals surface area contributed by atoms with Gasteiger partial charge in [-0.1, -0.05) is 6.07 Å². The van der Waals surface area contributed by atoms with Gasteiger partial charge in [0.05, 0.1) is 7.11 Å². The maximum absolute atomic E-state index is 9.13. The van der Waals surface area contributed by atoms with Gasteiger partial charge in [0, 0.05) is 17.7 Å². The van der Waals surface area contributed by atoms with E-state index in [1.807, 2.05) is 6.92 Å². The minimum Gasteiger partial charge on any atom is -0.508 e. The molecule has 74 valence electrons. The van der Waals surface area contributed by atoms with Crippen molar-refractivity contribution in [2.45, 2.75) is 13.0 Å². The number of ether oxygens (including phenoxy) is 1. The Bertz CT molecular complexity index is 276. The van der Waals surface area contributed by atoms with E-state index in [9.17, 15) is 0 Å². The van der Waals surface area contributed by atoms with E-state index < -0.39 is 0 Å². The summed E-state index contributed by atoms with van der Waals surface area (Å²) >= 11 is 0. The van der Waals surface area contributed by atoms with Crippen molar-refractivity contribution in [2.75, 3.05) is 7.11 Å². The van der Waals surface area contributed by atoms with Crippen LogP contribution in [0.1, 0.15) is 18.5 Å². The predicted octanol–water partition coefficient (Wildman–Crippen LogP) is 1.84. The Morgan fingerprint density at radius 3 is 2.54 bits per heavy atom. The third kappa shape index (κ3) is 2.79. The molecule has 0 saturated heterocycles. The third-order valence-electron chi connectivity index (χ3n) is 1.71. The molecule has 0 amide bonds. The smallest absolute Gasteiger partial charge is 0.127 e. The fourth-order valence-electron chi connectivity index (χ4n) is 1.08. The summed E-state index contributed by atoms with van der Waals surface area (Å²) in [4.78, 5) is 0. The van der Waals surface area contributed by atoms with E-state index in [1.54, 1.807) is 25.3 Å². The van der Waals surface area contributed by atoms with Crippen LogP contribution in [-0.4, -0.2) is 12.2 Å². The Morgan fingerprint density at radius 1 is 1.46 bits per heavy atom. The van der Waals surface area contributed by atoms with Gasteiger partial charge in [0.2, 0.25) is 0 Å². The summed E-state index contributed by atoms with van der Waals surface area (Å²) in [5, 5.41) is 9.13. The largest absolute Gasteiger partial charge is 0.508 e. The van der Waals surface area contributed by atoms with Crippen molar-refractivity contribution in [3.8, 4) is 11.5 Å². The number of phenols is 1. The van der Waals surface area contributed by atoms with Crippen molar-refractivity contribution >= 4 is 12.4 Å². The van der Waals surface area contributed by atoms with Gasteiger partial charge in [-0.2, -0.15) is 0 Å². The van der Waals surface area contributed by atoms with Crippen LogP contribution in [0.4, 0.5) is 0 Å². The van der Waals surface area contributed by atoms with Crippen LogP contribution in [0.15, 0.2) is 18.2 Å². The zero-order chi connectivity index (χ0) is 9.14. The molecule has 0 aliphatic heterocycles. The maximum atomic E-state index is 9.13. The molecule has 1 aromatic carbocycles. The standard InChI is InChI=1S/C9H13NO2.ClH/c1-6(10)8-4-3-7(11)5-9(8)12-2;/h3-6,11H,10H2,1-2H3;1H/t6-;/m1./s1. The second-order valence-corrected chi connectivity index (χ2v) is 2.71. The van der Waals surface area contributed by atoms with E-state index >= 15 is 0 Å². The van der Waals surface area contributed by atoms with E-state index in [-0.39, 0.29) is 24.2 Å². The first-order valence-electron chi connectivity index (χ1n) is 3.77. The molecule has 0 aliphatic rings. The van der Waals surface area contributed by atoms with E-state index in [0.717, 1.165) is 5.56 Å². The van der Waals surface area contributed by atoms with Gasteiger partial charge in [0.15, 0.2) is 0 Å². The van der Waals surface area contributed by atoms with Crippen LogP contribution in [0.3, 0.4) is 0 Å². The summed E-state index contributed by atoms with van der Waals surface area (Å²) in [6.45, 7) is 1.87. The number of aromatic hydroxyl groups is 1. The first-order valence-corrected chi connectivity index (χ1v) is 3.77. The van der Waals surface area contributed by atoms with E-state index in [4.69, 9.17) is 15.6 Å². The normalized spacial score (nSPS) is 11.6. The molecule has 0 radical (unpaired) electrons. The predicted molar refractivity (Wildman–Crippen MR) is 54.5 cm³/mol. The van der Waals surface area contributed by atoms with Crippen LogP contribution in [-0.2, 0) is 0 Å². The van der Waals surface area contributed by atoms with Gasteiger partial charge in [-0.05, 0) is 13.0 Å². The average Bonchev–Trinajstić information content (AvgIpc) is 2.03. The lowest BCUT2D eigenvalue weighted by molar-refractivity contribution is 0.400. The highest BCUT2D eigenvalue weighted by molar-refractivity contribution is 5.85. The summed E-state index contributed by atoms with van der Waals surface area (Å²) in [7, 11) is 1.56. The molecule has 1 rings (SSSR count). The second-order valence-electron chi connectivity index (χ2n) is 2.71. The number of nitrogens with two attached hydrogens (primary N) is 1. The summed E-state index contributed by atoms with van der Waals surface area (Å²) in [6, 6.07) is 4.83. The van der Waals surface area contributed by atoms with Gasteiger partial charge in [-0.15, -0.1) is 12.4 Å². The van der Waals surface area contributed by atoms with Crippen molar-refractivity contribution < 1.29 is 9.84 Å². The highest BCUT2D eigenvalue weighted by Gasteiger charge is 2.07. The lowest BCUT2D eigenvalue weighted by Gasteiger charge is -2.11. The lowest BCUT2D eigenvalue weighted by atomic mass is 10.1. The van der Waals surface area contributed by atoms with Gasteiger partial charge in [0.1, 0.15) is 11.5 Å². The number of methoxy groups -OCH3 is 1. The summed E-state index contributed by atoms with van der Waals surface area (Å²) < 4.78 is 5.05. The number of rotatable bonds is 2. The molecule has 0 heterocycles. The number of hydrogen-bond acceptors (Lipinski definition) is 3. The molecule has 3 N–H and O–H groups in total. The summed E-state index contributed by atoms with van der Waals surface area (Å²) in [5.74, 6) is 0.821. The van der Waals surface area contributed by atoms with Crippen LogP contribution in [0, 0.1) is 0 Å². The molecule has 0 bridgehead atoms. The van der Waals surface area contributed by atoms with Crippen LogP contribution in [0.2, 0.25) is 0 Å². The molecule has 13 heavy (non-hydrogen) atoms. The molecule has 0 spiro atoms. The Labute approximate surface area is 83.9 Å². The molecule has 4 heteroatoms. The van der Waals surface area contributed by atoms with Gasteiger partial charge in [0.25, 0.3) is 0 Å². The first-order chi connectivity index (χ1) is 5.65. The molecular weight excluding hydrogens is 190 g/mol. The Morgan fingerprint density at radius 2 is 2.08 bits per heavy atom. The highest BCUT2D eigenvalue weighted by atomic mass is 35.5. The maximum Gasteiger partial charge on any atom is 0.127 e. The SMILES string of the molecule is COc1cc(O)ccc1[C@@H](C)N.Cl. The van der Waals surface area contributed by atoms with Gasteiger partial charge in [-0.25, -0.2) is 0 Å². The van der Waals surface area contributed by atoms with Crippen molar-refractivity contribution in [3.05, 3.63) is 23.8 Å².